The van der Waals surface area contributed by atoms with Crippen LogP contribution in [0.5, 0.6) is 0 Å². The lowest BCUT2D eigenvalue weighted by Gasteiger charge is -2.21. The summed E-state index contributed by atoms with van der Waals surface area (Å²) >= 11 is 0. The lowest BCUT2D eigenvalue weighted by atomic mass is 9.86. The van der Waals surface area contributed by atoms with Crippen LogP contribution in [0.2, 0.25) is 0 Å². The van der Waals surface area contributed by atoms with Crippen LogP contribution in [0.1, 0.15) is 37.5 Å². The van der Waals surface area contributed by atoms with Crippen LogP contribution in [0, 0.1) is 6.92 Å². The number of carbonyl (C=O) groups excluding carboxylic acids is 1. The van der Waals surface area contributed by atoms with Crippen LogP contribution in [0.25, 0.3) is 0 Å². The molecule has 2 aliphatic rings. The third-order valence-corrected chi connectivity index (χ3v) is 7.10. The van der Waals surface area contributed by atoms with Crippen LogP contribution >= 0.6 is 0 Å². The van der Waals surface area contributed by atoms with E-state index in [0.29, 0.717) is 17.1 Å². The summed E-state index contributed by atoms with van der Waals surface area (Å²) < 4.78 is 32.4. The Morgan fingerprint density at radius 1 is 1.33 bits per heavy atom. The van der Waals surface area contributed by atoms with E-state index >= 15 is 0 Å². The highest BCUT2D eigenvalue weighted by Crippen LogP contribution is 2.40. The molecule has 9 nitrogen and oxygen atoms in total. The van der Waals surface area contributed by atoms with Crippen molar-refractivity contribution in [2.45, 2.75) is 43.1 Å². The number of benzene rings is 1. The Balaban J connectivity index is 1.66. The molecule has 2 aromatic rings. The molecule has 1 saturated heterocycles. The molecule has 0 radical (unpaired) electrons. The van der Waals surface area contributed by atoms with Gasteiger partial charge in [0.05, 0.1) is 16.9 Å². The largest absolute Gasteiger partial charge is 0.379 e. The van der Waals surface area contributed by atoms with Crippen molar-refractivity contribution < 1.29 is 22.8 Å². The van der Waals surface area contributed by atoms with Gasteiger partial charge in [0.15, 0.2) is 11.4 Å². The number of amides is 1. The highest BCUT2D eigenvalue weighted by Gasteiger charge is 2.47. The number of nitrogens with one attached hydrogen (secondary N) is 1. The molecule has 1 aromatic carbocycles. The molecule has 2 N–H and O–H groups in total. The maximum absolute atomic E-state index is 13.1. The summed E-state index contributed by atoms with van der Waals surface area (Å²) in [6, 6.07) is 4.58. The lowest BCUT2D eigenvalue weighted by Crippen LogP contribution is -2.34. The van der Waals surface area contributed by atoms with Crippen molar-refractivity contribution in [3.63, 3.8) is 0 Å². The second-order valence-corrected chi connectivity index (χ2v) is 9.49. The third kappa shape index (κ3) is 2.67. The Bertz CT molecular complexity index is 1050. The SMILES string of the molecule is Cc1noc([C@@]2(O)CCN(S(=O)(=O)c3ccc4c(c3)C(C)(C)C(=O)N4)C2)n1. The minimum absolute atomic E-state index is 0.0163. The van der Waals surface area contributed by atoms with E-state index in [1.807, 2.05) is 0 Å². The molecule has 27 heavy (non-hydrogen) atoms. The molecule has 10 heteroatoms. The highest BCUT2D eigenvalue weighted by atomic mass is 32.2. The molecule has 0 saturated carbocycles. The quantitative estimate of drug-likeness (QED) is 0.794. The second-order valence-electron chi connectivity index (χ2n) is 7.55. The Labute approximate surface area is 156 Å². The van der Waals surface area contributed by atoms with Crippen LogP contribution < -0.4 is 5.32 Å². The van der Waals surface area contributed by atoms with E-state index in [1.165, 1.54) is 16.4 Å². The molecule has 1 amide bonds. The number of aryl methyl sites for hydroxylation is 1. The van der Waals surface area contributed by atoms with Crippen LogP contribution in [-0.2, 0) is 25.8 Å². The highest BCUT2D eigenvalue weighted by molar-refractivity contribution is 7.89. The fourth-order valence-corrected chi connectivity index (χ4v) is 5.01. The van der Waals surface area contributed by atoms with Gasteiger partial charge >= 0.3 is 0 Å². The van der Waals surface area contributed by atoms with Crippen molar-refractivity contribution in [2.24, 2.45) is 0 Å². The zero-order chi connectivity index (χ0) is 19.6. The zero-order valence-electron chi connectivity index (χ0n) is 15.2. The van der Waals surface area contributed by atoms with Gasteiger partial charge in [-0.25, -0.2) is 8.42 Å². The summed E-state index contributed by atoms with van der Waals surface area (Å²) in [6.45, 7) is 5.07. The average molecular weight is 392 g/mol. The molecule has 0 spiro atoms. The number of β-amino-alcohol motifs (C(OH)–C–C–N with tert-alkyl or cyclic N) is 1. The third-order valence-electron chi connectivity index (χ3n) is 5.26. The topological polar surface area (TPSA) is 126 Å². The fraction of sp³-hybridized carbons (Fsp3) is 0.471. The van der Waals surface area contributed by atoms with Gasteiger partial charge < -0.3 is 14.9 Å². The number of fused-ring (bicyclic) bond motifs is 1. The van der Waals surface area contributed by atoms with E-state index in [9.17, 15) is 18.3 Å². The molecule has 0 aliphatic carbocycles. The van der Waals surface area contributed by atoms with Gasteiger partial charge in [-0.2, -0.15) is 9.29 Å². The molecule has 1 atom stereocenters. The summed E-state index contributed by atoms with van der Waals surface area (Å²) in [7, 11) is -3.86. The van der Waals surface area contributed by atoms with Crippen LogP contribution in [-0.4, -0.2) is 47.0 Å². The second kappa shape index (κ2) is 5.60. The van der Waals surface area contributed by atoms with E-state index in [2.05, 4.69) is 15.5 Å². The number of hydrogen-bond donors (Lipinski definition) is 2. The van der Waals surface area contributed by atoms with Gasteiger partial charge in [0.2, 0.25) is 15.9 Å². The van der Waals surface area contributed by atoms with Crippen molar-refractivity contribution in [1.29, 1.82) is 0 Å². The van der Waals surface area contributed by atoms with Crippen molar-refractivity contribution >= 4 is 21.6 Å². The summed E-state index contributed by atoms with van der Waals surface area (Å²) in [5, 5.41) is 17.2. The normalized spacial score (nSPS) is 24.8. The Hall–Kier alpha value is -2.30. The number of sulfonamides is 1. The van der Waals surface area contributed by atoms with E-state index in [0.717, 1.165) is 0 Å². The smallest absolute Gasteiger partial charge is 0.260 e. The van der Waals surface area contributed by atoms with Gasteiger partial charge in [0.1, 0.15) is 0 Å². The van der Waals surface area contributed by atoms with Crippen molar-refractivity contribution in [2.75, 3.05) is 18.4 Å². The minimum Gasteiger partial charge on any atom is -0.379 e. The van der Waals surface area contributed by atoms with Gasteiger partial charge in [0, 0.05) is 18.7 Å². The van der Waals surface area contributed by atoms with Crippen LogP contribution in [0.3, 0.4) is 0 Å². The van der Waals surface area contributed by atoms with Gasteiger partial charge in [-0.15, -0.1) is 0 Å². The molecule has 3 heterocycles. The average Bonchev–Trinajstić information content (AvgIpc) is 3.27. The summed E-state index contributed by atoms with van der Waals surface area (Å²) in [5.74, 6) is 0.217. The van der Waals surface area contributed by atoms with Crippen LogP contribution in [0.15, 0.2) is 27.6 Å². The molecule has 1 fully saturated rings. The molecule has 4 rings (SSSR count). The lowest BCUT2D eigenvalue weighted by molar-refractivity contribution is -0.119. The minimum atomic E-state index is -3.86. The van der Waals surface area contributed by atoms with Gasteiger partial charge in [-0.05, 0) is 44.5 Å². The summed E-state index contributed by atoms with van der Waals surface area (Å²) in [4.78, 5) is 16.2. The molecule has 144 valence electrons. The monoisotopic (exact) mass is 392 g/mol. The number of carbonyl (C=O) groups is 1. The first-order valence-corrected chi connectivity index (χ1v) is 9.97. The maximum atomic E-state index is 13.1. The Kier molecular flexibility index (Phi) is 3.75. The van der Waals surface area contributed by atoms with Gasteiger partial charge in [-0.3, -0.25) is 4.79 Å². The predicted octanol–water partition coefficient (Wildman–Crippen LogP) is 0.890. The van der Waals surface area contributed by atoms with Gasteiger partial charge in [-0.1, -0.05) is 5.16 Å². The van der Waals surface area contributed by atoms with Crippen molar-refractivity contribution in [3.8, 4) is 0 Å². The number of nitrogens with zero attached hydrogens (tertiary/aromatic N) is 3. The fourth-order valence-electron chi connectivity index (χ4n) is 3.49. The molecule has 0 bridgehead atoms. The first kappa shape index (κ1) is 18.1. The van der Waals surface area contributed by atoms with Crippen molar-refractivity contribution in [3.05, 3.63) is 35.5 Å². The summed E-state index contributed by atoms with van der Waals surface area (Å²) in [5.41, 5.74) is -1.07. The number of hydrogen-bond acceptors (Lipinski definition) is 7. The first-order valence-electron chi connectivity index (χ1n) is 8.53. The summed E-state index contributed by atoms with van der Waals surface area (Å²) in [6.07, 6.45) is 0.157. The number of aliphatic hydroxyl groups is 1. The molecule has 2 aliphatic heterocycles. The van der Waals surface area contributed by atoms with E-state index in [4.69, 9.17) is 4.52 Å². The molecule has 0 unspecified atom stereocenters. The first-order chi connectivity index (χ1) is 12.5. The predicted molar refractivity (Wildman–Crippen MR) is 94.4 cm³/mol. The number of aromatic nitrogens is 2. The van der Waals surface area contributed by atoms with E-state index < -0.39 is 21.0 Å². The maximum Gasteiger partial charge on any atom is 0.260 e. The Morgan fingerprint density at radius 2 is 2.07 bits per heavy atom. The van der Waals surface area contributed by atoms with E-state index in [-0.39, 0.29) is 36.2 Å². The van der Waals surface area contributed by atoms with Crippen molar-refractivity contribution in [1.82, 2.24) is 14.4 Å². The molecular formula is C17H20N4O5S. The number of anilines is 1. The van der Waals surface area contributed by atoms with Crippen LogP contribution in [0.4, 0.5) is 5.69 Å². The zero-order valence-corrected chi connectivity index (χ0v) is 16.0. The van der Waals surface area contributed by atoms with Gasteiger partial charge in [0.25, 0.3) is 5.89 Å². The standard InChI is InChI=1S/C17H20N4O5S/c1-10-18-15(26-20-10)17(23)6-7-21(9-17)27(24,25)11-4-5-13-12(8-11)16(2,3)14(22)19-13/h4-5,8,23H,6-7,9H2,1-3H3,(H,19,22)/t17-/m1/s1. The molecule has 1 aromatic heterocycles. The number of rotatable bonds is 3. The molecular weight excluding hydrogens is 372 g/mol. The Morgan fingerprint density at radius 3 is 2.74 bits per heavy atom. The van der Waals surface area contributed by atoms with E-state index in [1.54, 1.807) is 26.8 Å².